The van der Waals surface area contributed by atoms with Gasteiger partial charge in [-0.05, 0) is 37.5 Å². The third-order valence-electron chi connectivity index (χ3n) is 3.60. The highest BCUT2D eigenvalue weighted by molar-refractivity contribution is 9.11. The SMILES string of the molecule is CC(C)C(CC[C@@](C)(NC(=O)O)Oc1cc(Br)cc(Br)c1)NC(=O)O. The molecule has 0 radical (unpaired) electrons. The standard InChI is InChI=1S/C16H22Br2N2O5/c1-9(2)13(19-14(21)22)4-5-16(3,20-15(23)24)25-12-7-10(17)6-11(18)8-12/h6-9,13,19-20H,4-5H2,1-3H3,(H,21,22)(H,23,24)/t13?,16-/m0/s1. The lowest BCUT2D eigenvalue weighted by Gasteiger charge is -2.33. The van der Waals surface area contributed by atoms with Gasteiger partial charge in [0, 0.05) is 21.4 Å². The molecule has 0 bridgehead atoms. The number of amides is 2. The molecule has 2 amide bonds. The second kappa shape index (κ2) is 9.28. The smallest absolute Gasteiger partial charge is 0.407 e. The van der Waals surface area contributed by atoms with Crippen LogP contribution in [0, 0.1) is 5.92 Å². The highest BCUT2D eigenvalue weighted by Crippen LogP contribution is 2.29. The first-order valence-corrected chi connectivity index (χ1v) is 9.25. The fourth-order valence-electron chi connectivity index (χ4n) is 2.37. The summed E-state index contributed by atoms with van der Waals surface area (Å²) in [4.78, 5) is 22.1. The van der Waals surface area contributed by atoms with Gasteiger partial charge >= 0.3 is 12.2 Å². The van der Waals surface area contributed by atoms with Gasteiger partial charge in [0.25, 0.3) is 0 Å². The number of rotatable bonds is 8. The first-order chi connectivity index (χ1) is 11.5. The third-order valence-corrected chi connectivity index (χ3v) is 4.51. The summed E-state index contributed by atoms with van der Waals surface area (Å²) in [6.45, 7) is 5.41. The van der Waals surface area contributed by atoms with E-state index >= 15 is 0 Å². The number of nitrogens with one attached hydrogen (secondary N) is 2. The molecule has 0 aliphatic carbocycles. The van der Waals surface area contributed by atoms with E-state index in [1.165, 1.54) is 0 Å². The topological polar surface area (TPSA) is 108 Å². The van der Waals surface area contributed by atoms with Gasteiger partial charge < -0.3 is 20.3 Å². The Morgan fingerprint density at radius 3 is 2.16 bits per heavy atom. The molecule has 0 heterocycles. The van der Waals surface area contributed by atoms with Crippen molar-refractivity contribution in [3.63, 3.8) is 0 Å². The molecule has 1 unspecified atom stereocenters. The minimum atomic E-state index is -1.22. The average molecular weight is 482 g/mol. The van der Waals surface area contributed by atoms with Gasteiger partial charge in [0.2, 0.25) is 0 Å². The van der Waals surface area contributed by atoms with Crippen LogP contribution in [0.25, 0.3) is 0 Å². The summed E-state index contributed by atoms with van der Waals surface area (Å²) in [5.41, 5.74) is -1.21. The van der Waals surface area contributed by atoms with Gasteiger partial charge in [0.05, 0.1) is 0 Å². The summed E-state index contributed by atoms with van der Waals surface area (Å²) in [7, 11) is 0. The van der Waals surface area contributed by atoms with Crippen molar-refractivity contribution in [3.8, 4) is 5.75 Å². The summed E-state index contributed by atoms with van der Waals surface area (Å²) in [5, 5.41) is 22.9. The Hall–Kier alpha value is -1.48. The number of carboxylic acid groups (broad SMARTS) is 2. The van der Waals surface area contributed by atoms with E-state index in [-0.39, 0.29) is 18.4 Å². The maximum atomic E-state index is 11.2. The summed E-state index contributed by atoms with van der Waals surface area (Å²) in [6, 6.07) is 4.97. The molecule has 0 saturated heterocycles. The zero-order valence-corrected chi connectivity index (χ0v) is 17.3. The van der Waals surface area contributed by atoms with Crippen molar-refractivity contribution in [2.45, 2.75) is 45.4 Å². The molecule has 2 atom stereocenters. The van der Waals surface area contributed by atoms with E-state index in [0.717, 1.165) is 8.95 Å². The molecular formula is C16H22Br2N2O5. The van der Waals surface area contributed by atoms with Crippen LogP contribution in [-0.4, -0.2) is 34.2 Å². The van der Waals surface area contributed by atoms with Gasteiger partial charge in [-0.25, -0.2) is 9.59 Å². The van der Waals surface area contributed by atoms with E-state index in [4.69, 9.17) is 14.9 Å². The van der Waals surface area contributed by atoms with Gasteiger partial charge in [-0.15, -0.1) is 0 Å². The molecule has 1 aromatic carbocycles. The Labute approximate surface area is 163 Å². The Balaban J connectivity index is 2.93. The van der Waals surface area contributed by atoms with Gasteiger partial charge in [-0.2, -0.15) is 0 Å². The monoisotopic (exact) mass is 480 g/mol. The van der Waals surface area contributed by atoms with Crippen LogP contribution in [0.5, 0.6) is 5.75 Å². The average Bonchev–Trinajstić information content (AvgIpc) is 2.40. The zero-order chi connectivity index (χ0) is 19.2. The van der Waals surface area contributed by atoms with Crippen molar-refractivity contribution in [3.05, 3.63) is 27.1 Å². The third kappa shape index (κ3) is 7.96. The van der Waals surface area contributed by atoms with Crippen molar-refractivity contribution in [1.82, 2.24) is 10.6 Å². The Morgan fingerprint density at radius 2 is 1.72 bits per heavy atom. The maximum absolute atomic E-state index is 11.2. The van der Waals surface area contributed by atoms with Gasteiger partial charge in [-0.3, -0.25) is 5.32 Å². The minimum absolute atomic E-state index is 0.0604. The number of hydrogen-bond donors (Lipinski definition) is 4. The molecule has 0 aromatic heterocycles. The highest BCUT2D eigenvalue weighted by Gasteiger charge is 2.31. The summed E-state index contributed by atoms with van der Waals surface area (Å²) in [5.74, 6) is 0.537. The Kier molecular flexibility index (Phi) is 8.01. The van der Waals surface area contributed by atoms with E-state index < -0.39 is 17.9 Å². The summed E-state index contributed by atoms with van der Waals surface area (Å²) < 4.78 is 7.44. The van der Waals surface area contributed by atoms with E-state index in [2.05, 4.69) is 42.5 Å². The van der Waals surface area contributed by atoms with Gasteiger partial charge in [-0.1, -0.05) is 45.7 Å². The molecular weight excluding hydrogens is 460 g/mol. The Bertz CT molecular complexity index is 606. The van der Waals surface area contributed by atoms with Crippen LogP contribution >= 0.6 is 31.9 Å². The molecule has 25 heavy (non-hydrogen) atoms. The van der Waals surface area contributed by atoms with Crippen LogP contribution in [-0.2, 0) is 0 Å². The summed E-state index contributed by atoms with van der Waals surface area (Å²) in [6.07, 6.45) is -1.63. The lowest BCUT2D eigenvalue weighted by atomic mass is 9.96. The lowest BCUT2D eigenvalue weighted by molar-refractivity contribution is 0.0380. The lowest BCUT2D eigenvalue weighted by Crippen LogP contribution is -2.51. The van der Waals surface area contributed by atoms with Crippen molar-refractivity contribution < 1.29 is 24.5 Å². The van der Waals surface area contributed by atoms with Crippen LogP contribution in [0.4, 0.5) is 9.59 Å². The Morgan fingerprint density at radius 1 is 1.16 bits per heavy atom. The molecule has 0 saturated carbocycles. The predicted molar refractivity (Wildman–Crippen MR) is 101 cm³/mol. The van der Waals surface area contributed by atoms with Gasteiger partial charge in [0.15, 0.2) is 5.72 Å². The molecule has 7 nitrogen and oxygen atoms in total. The van der Waals surface area contributed by atoms with Gasteiger partial charge in [0.1, 0.15) is 5.75 Å². The first kappa shape index (κ1) is 21.6. The van der Waals surface area contributed by atoms with E-state index in [9.17, 15) is 9.59 Å². The fourth-order valence-corrected chi connectivity index (χ4v) is 3.63. The molecule has 0 spiro atoms. The van der Waals surface area contributed by atoms with E-state index in [1.807, 2.05) is 19.9 Å². The molecule has 0 aliphatic heterocycles. The molecule has 140 valence electrons. The number of carbonyl (C=O) groups is 2. The van der Waals surface area contributed by atoms with Crippen LogP contribution in [0.3, 0.4) is 0 Å². The van der Waals surface area contributed by atoms with Crippen molar-refractivity contribution >= 4 is 44.0 Å². The quantitative estimate of drug-likeness (QED) is 0.404. The largest absolute Gasteiger partial charge is 0.468 e. The van der Waals surface area contributed by atoms with E-state index in [0.29, 0.717) is 12.2 Å². The zero-order valence-electron chi connectivity index (χ0n) is 14.2. The molecule has 1 aromatic rings. The molecule has 0 aliphatic rings. The summed E-state index contributed by atoms with van der Waals surface area (Å²) >= 11 is 6.72. The number of ether oxygens (including phenoxy) is 1. The maximum Gasteiger partial charge on any atom is 0.407 e. The molecule has 0 fully saturated rings. The van der Waals surface area contributed by atoms with Crippen molar-refractivity contribution in [2.75, 3.05) is 0 Å². The fraction of sp³-hybridized carbons (Fsp3) is 0.500. The number of halogens is 2. The van der Waals surface area contributed by atoms with E-state index in [1.54, 1.807) is 19.1 Å². The predicted octanol–water partition coefficient (Wildman–Crippen LogP) is 4.65. The number of hydrogen-bond acceptors (Lipinski definition) is 3. The van der Waals surface area contributed by atoms with Crippen LogP contribution < -0.4 is 15.4 Å². The molecule has 1 rings (SSSR count). The van der Waals surface area contributed by atoms with Crippen LogP contribution in [0.15, 0.2) is 27.1 Å². The second-order valence-corrected chi connectivity index (χ2v) is 8.04. The normalized spacial score (nSPS) is 14.5. The minimum Gasteiger partial charge on any atom is -0.468 e. The van der Waals surface area contributed by atoms with Crippen molar-refractivity contribution in [2.24, 2.45) is 5.92 Å². The first-order valence-electron chi connectivity index (χ1n) is 7.66. The molecule has 4 N–H and O–H groups in total. The highest BCUT2D eigenvalue weighted by atomic mass is 79.9. The second-order valence-electron chi connectivity index (χ2n) is 6.21. The van der Waals surface area contributed by atoms with Crippen molar-refractivity contribution in [1.29, 1.82) is 0 Å². The van der Waals surface area contributed by atoms with Crippen LogP contribution in [0.1, 0.15) is 33.6 Å². The van der Waals surface area contributed by atoms with Crippen LogP contribution in [0.2, 0.25) is 0 Å². The molecule has 9 heteroatoms. The number of benzene rings is 1.